The van der Waals surface area contributed by atoms with Crippen molar-refractivity contribution in [2.75, 3.05) is 0 Å². The van der Waals surface area contributed by atoms with E-state index < -0.39 is 0 Å². The van der Waals surface area contributed by atoms with Gasteiger partial charge in [0, 0.05) is 6.20 Å². The fraction of sp³-hybridized carbons (Fsp3) is 0. The number of rotatable bonds is 3. The molecule has 1 rings (SSSR count). The molecule has 0 spiro atoms. The van der Waals surface area contributed by atoms with Crippen LogP contribution in [0.1, 0.15) is 5.56 Å². The van der Waals surface area contributed by atoms with Crippen LogP contribution in [0.2, 0.25) is 0 Å². The SMILES string of the molecule is C=C(/C=C\N=C(/N)Cl)c1ccccc1. The van der Waals surface area contributed by atoms with Gasteiger partial charge in [-0.3, -0.25) is 0 Å². The summed E-state index contributed by atoms with van der Waals surface area (Å²) in [4.78, 5) is 3.71. The van der Waals surface area contributed by atoms with Crippen LogP contribution in [0.3, 0.4) is 0 Å². The van der Waals surface area contributed by atoms with Gasteiger partial charge in [0.25, 0.3) is 0 Å². The number of benzene rings is 1. The maximum atomic E-state index is 5.35. The van der Waals surface area contributed by atoms with E-state index in [1.54, 1.807) is 6.08 Å². The number of amidine groups is 1. The fourth-order valence-electron chi connectivity index (χ4n) is 0.947. The Labute approximate surface area is 88.4 Å². The Kier molecular flexibility index (Phi) is 3.95. The van der Waals surface area contributed by atoms with E-state index in [2.05, 4.69) is 11.6 Å². The summed E-state index contributed by atoms with van der Waals surface area (Å²) in [5, 5.41) is 0.0158. The van der Waals surface area contributed by atoms with Crippen LogP contribution in [0.15, 0.2) is 54.2 Å². The van der Waals surface area contributed by atoms with Crippen molar-refractivity contribution in [2.45, 2.75) is 0 Å². The number of allylic oxidation sites excluding steroid dienone is 2. The highest BCUT2D eigenvalue weighted by Crippen LogP contribution is 2.12. The van der Waals surface area contributed by atoms with E-state index >= 15 is 0 Å². The van der Waals surface area contributed by atoms with E-state index in [1.807, 2.05) is 30.3 Å². The van der Waals surface area contributed by atoms with Gasteiger partial charge in [0.2, 0.25) is 0 Å². The fourth-order valence-corrected chi connectivity index (χ4v) is 1.00. The molecule has 0 atom stereocenters. The van der Waals surface area contributed by atoms with Gasteiger partial charge in [0.15, 0.2) is 5.29 Å². The monoisotopic (exact) mass is 206 g/mol. The van der Waals surface area contributed by atoms with E-state index in [4.69, 9.17) is 17.3 Å². The van der Waals surface area contributed by atoms with Crippen molar-refractivity contribution < 1.29 is 0 Å². The molecule has 1 aromatic carbocycles. The average Bonchev–Trinajstić information content (AvgIpc) is 2.18. The zero-order valence-corrected chi connectivity index (χ0v) is 8.41. The van der Waals surface area contributed by atoms with Gasteiger partial charge >= 0.3 is 0 Å². The van der Waals surface area contributed by atoms with Crippen molar-refractivity contribution in [3.8, 4) is 0 Å². The zero-order valence-electron chi connectivity index (χ0n) is 7.65. The first-order valence-corrected chi connectivity index (χ1v) is 4.47. The maximum absolute atomic E-state index is 5.35. The molecule has 0 amide bonds. The lowest BCUT2D eigenvalue weighted by Crippen LogP contribution is -1.99. The Hall–Kier alpha value is -1.54. The molecule has 0 aliphatic rings. The molecule has 0 saturated heterocycles. The summed E-state index contributed by atoms with van der Waals surface area (Å²) in [7, 11) is 0. The number of halogens is 1. The summed E-state index contributed by atoms with van der Waals surface area (Å²) >= 11 is 5.35. The van der Waals surface area contributed by atoms with Crippen LogP contribution in [0.5, 0.6) is 0 Å². The highest BCUT2D eigenvalue weighted by atomic mass is 35.5. The van der Waals surface area contributed by atoms with Gasteiger partial charge in [-0.15, -0.1) is 0 Å². The first-order chi connectivity index (χ1) is 6.70. The molecule has 0 unspecified atom stereocenters. The largest absolute Gasteiger partial charge is 0.374 e. The van der Waals surface area contributed by atoms with Crippen LogP contribution in [-0.4, -0.2) is 5.29 Å². The Balaban J connectivity index is 2.69. The van der Waals surface area contributed by atoms with Crippen LogP contribution in [0, 0.1) is 0 Å². The number of aliphatic imine (C=N–C) groups is 1. The quantitative estimate of drug-likeness (QED) is 0.351. The van der Waals surface area contributed by atoms with Crippen molar-refractivity contribution in [3.05, 3.63) is 54.8 Å². The molecule has 2 N–H and O–H groups in total. The second-order valence-electron chi connectivity index (χ2n) is 2.66. The molecule has 72 valence electrons. The zero-order chi connectivity index (χ0) is 10.4. The number of nitrogens with two attached hydrogens (primary N) is 1. The van der Waals surface area contributed by atoms with E-state index in [-0.39, 0.29) is 5.29 Å². The third kappa shape index (κ3) is 3.46. The first kappa shape index (κ1) is 10.5. The number of nitrogens with zero attached hydrogens (tertiary/aromatic N) is 1. The molecule has 3 heteroatoms. The van der Waals surface area contributed by atoms with Gasteiger partial charge in [-0.05, 0) is 28.8 Å². The average molecular weight is 207 g/mol. The van der Waals surface area contributed by atoms with Crippen LogP contribution < -0.4 is 5.73 Å². The van der Waals surface area contributed by atoms with Crippen molar-refractivity contribution in [1.29, 1.82) is 0 Å². The van der Waals surface area contributed by atoms with Gasteiger partial charge in [0.05, 0.1) is 0 Å². The van der Waals surface area contributed by atoms with E-state index in [9.17, 15) is 0 Å². The minimum Gasteiger partial charge on any atom is -0.374 e. The molecular formula is C11H11ClN2. The Bertz CT molecular complexity index is 362. The lowest BCUT2D eigenvalue weighted by atomic mass is 10.1. The van der Waals surface area contributed by atoms with Crippen molar-refractivity contribution in [1.82, 2.24) is 0 Å². The minimum absolute atomic E-state index is 0.0158. The molecule has 2 nitrogen and oxygen atoms in total. The normalized spacial score (nSPS) is 11.9. The second-order valence-corrected chi connectivity index (χ2v) is 3.05. The lowest BCUT2D eigenvalue weighted by molar-refractivity contribution is 1.53. The molecule has 0 fully saturated rings. The van der Waals surface area contributed by atoms with E-state index in [0.29, 0.717) is 0 Å². The third-order valence-corrected chi connectivity index (χ3v) is 1.72. The Morgan fingerprint density at radius 2 is 2.00 bits per heavy atom. The van der Waals surface area contributed by atoms with Crippen molar-refractivity contribution >= 4 is 22.5 Å². The molecule has 0 saturated carbocycles. The molecular weight excluding hydrogens is 196 g/mol. The maximum Gasteiger partial charge on any atom is 0.193 e. The summed E-state index contributed by atoms with van der Waals surface area (Å²) in [5.41, 5.74) is 7.07. The molecule has 0 bridgehead atoms. The summed E-state index contributed by atoms with van der Waals surface area (Å²) < 4.78 is 0. The first-order valence-electron chi connectivity index (χ1n) is 4.10. The minimum atomic E-state index is 0.0158. The highest BCUT2D eigenvalue weighted by molar-refractivity contribution is 6.64. The molecule has 0 aromatic heterocycles. The van der Waals surface area contributed by atoms with Gasteiger partial charge in [-0.1, -0.05) is 36.9 Å². The van der Waals surface area contributed by atoms with Gasteiger partial charge in [0.1, 0.15) is 0 Å². The number of hydrogen-bond donors (Lipinski definition) is 1. The molecule has 0 aliphatic carbocycles. The van der Waals surface area contributed by atoms with Crippen LogP contribution in [0.25, 0.3) is 5.57 Å². The molecule has 0 radical (unpaired) electrons. The third-order valence-electron chi connectivity index (χ3n) is 1.62. The Morgan fingerprint density at radius 1 is 1.36 bits per heavy atom. The topological polar surface area (TPSA) is 38.4 Å². The Morgan fingerprint density at radius 3 is 2.57 bits per heavy atom. The standard InChI is InChI=1S/C11H11ClN2/c1-9(7-8-14-11(12)13)10-5-3-2-4-6-10/h2-8H,1H2,(H2,13,14)/b8-7-. The van der Waals surface area contributed by atoms with E-state index in [1.165, 1.54) is 6.20 Å². The number of hydrogen-bond acceptors (Lipinski definition) is 1. The van der Waals surface area contributed by atoms with Crippen molar-refractivity contribution in [3.63, 3.8) is 0 Å². The van der Waals surface area contributed by atoms with Crippen LogP contribution in [-0.2, 0) is 0 Å². The smallest absolute Gasteiger partial charge is 0.193 e. The van der Waals surface area contributed by atoms with Crippen molar-refractivity contribution in [2.24, 2.45) is 10.7 Å². The molecule has 0 aliphatic heterocycles. The predicted molar refractivity (Wildman–Crippen MR) is 62.1 cm³/mol. The van der Waals surface area contributed by atoms with Crippen LogP contribution >= 0.6 is 11.6 Å². The predicted octanol–water partition coefficient (Wildman–Crippen LogP) is 2.77. The summed E-state index contributed by atoms with van der Waals surface area (Å²) in [6, 6.07) is 9.80. The summed E-state index contributed by atoms with van der Waals surface area (Å²) in [6.45, 7) is 3.88. The summed E-state index contributed by atoms with van der Waals surface area (Å²) in [5.74, 6) is 0. The van der Waals surface area contributed by atoms with Gasteiger partial charge in [-0.25, -0.2) is 4.99 Å². The van der Waals surface area contributed by atoms with Crippen LogP contribution in [0.4, 0.5) is 0 Å². The van der Waals surface area contributed by atoms with Gasteiger partial charge < -0.3 is 5.73 Å². The molecule has 14 heavy (non-hydrogen) atoms. The highest BCUT2D eigenvalue weighted by Gasteiger charge is 1.91. The molecule has 0 heterocycles. The lowest BCUT2D eigenvalue weighted by Gasteiger charge is -1.97. The van der Waals surface area contributed by atoms with E-state index in [0.717, 1.165) is 11.1 Å². The summed E-state index contributed by atoms with van der Waals surface area (Å²) in [6.07, 6.45) is 3.28. The molecule has 1 aromatic rings. The second kappa shape index (κ2) is 5.25. The van der Waals surface area contributed by atoms with Gasteiger partial charge in [-0.2, -0.15) is 0 Å².